The van der Waals surface area contributed by atoms with Crippen LogP contribution in [0.1, 0.15) is 17.2 Å². The molecule has 0 saturated carbocycles. The first-order chi connectivity index (χ1) is 7.69. The number of hydrogen-bond acceptors (Lipinski definition) is 3. The summed E-state index contributed by atoms with van der Waals surface area (Å²) in [5, 5.41) is 19.5. The Bertz CT molecular complexity index is 359. The molecular weight excluding hydrogens is 272 g/mol. The van der Waals surface area contributed by atoms with Crippen molar-refractivity contribution in [3.05, 3.63) is 41.5 Å². The molecule has 0 aliphatic rings. The molecule has 0 aliphatic heterocycles. The van der Waals surface area contributed by atoms with Gasteiger partial charge in [-0.25, -0.2) is 0 Å². The van der Waals surface area contributed by atoms with E-state index in [1.165, 1.54) is 6.08 Å². The monoisotopic (exact) mass is 284 g/mol. The minimum atomic E-state index is -0.900. The molecular formula is C12H13BrO3. The summed E-state index contributed by atoms with van der Waals surface area (Å²) in [5.74, 6) is 0. The SMILES string of the molecule is O=C/C=C/c1ccc(C(O)C(O)CBr)cc1. The maximum atomic E-state index is 10.1. The highest BCUT2D eigenvalue weighted by Crippen LogP contribution is 2.19. The molecule has 16 heavy (non-hydrogen) atoms. The molecule has 2 N–H and O–H groups in total. The Morgan fingerprint density at radius 1 is 1.25 bits per heavy atom. The number of allylic oxidation sites excluding steroid dienone is 1. The quantitative estimate of drug-likeness (QED) is 0.492. The van der Waals surface area contributed by atoms with Crippen molar-refractivity contribution in [2.75, 3.05) is 5.33 Å². The minimum Gasteiger partial charge on any atom is -0.389 e. The number of rotatable bonds is 5. The largest absolute Gasteiger partial charge is 0.389 e. The van der Waals surface area contributed by atoms with Crippen LogP contribution in [0.4, 0.5) is 0 Å². The van der Waals surface area contributed by atoms with Gasteiger partial charge in [-0.2, -0.15) is 0 Å². The lowest BCUT2D eigenvalue weighted by Gasteiger charge is -2.15. The van der Waals surface area contributed by atoms with Gasteiger partial charge in [0, 0.05) is 5.33 Å². The van der Waals surface area contributed by atoms with Crippen molar-refractivity contribution in [1.82, 2.24) is 0 Å². The summed E-state index contributed by atoms with van der Waals surface area (Å²) in [5.41, 5.74) is 1.52. The van der Waals surface area contributed by atoms with E-state index >= 15 is 0 Å². The topological polar surface area (TPSA) is 57.5 Å². The van der Waals surface area contributed by atoms with E-state index in [9.17, 15) is 15.0 Å². The lowest BCUT2D eigenvalue weighted by Crippen LogP contribution is -2.19. The molecule has 0 radical (unpaired) electrons. The first-order valence-corrected chi connectivity index (χ1v) is 5.95. The Hall–Kier alpha value is -0.970. The first-order valence-electron chi connectivity index (χ1n) is 4.83. The van der Waals surface area contributed by atoms with Gasteiger partial charge in [0.15, 0.2) is 0 Å². The van der Waals surface area contributed by atoms with E-state index in [1.807, 2.05) is 0 Å². The van der Waals surface area contributed by atoms with Crippen LogP contribution in [0.25, 0.3) is 6.08 Å². The summed E-state index contributed by atoms with van der Waals surface area (Å²) in [6.45, 7) is 0. The molecule has 0 spiro atoms. The molecule has 0 fully saturated rings. The summed E-state index contributed by atoms with van der Waals surface area (Å²) in [6, 6.07) is 7.00. The fraction of sp³-hybridized carbons (Fsp3) is 0.250. The fourth-order valence-electron chi connectivity index (χ4n) is 1.26. The highest BCUT2D eigenvalue weighted by Gasteiger charge is 2.16. The fourth-order valence-corrected chi connectivity index (χ4v) is 1.62. The number of aliphatic hydroxyl groups is 2. The van der Waals surface area contributed by atoms with E-state index in [2.05, 4.69) is 15.9 Å². The normalized spacial score (nSPS) is 14.9. The van der Waals surface area contributed by atoms with Crippen LogP contribution in [0, 0.1) is 0 Å². The van der Waals surface area contributed by atoms with Crippen molar-refractivity contribution >= 4 is 28.3 Å². The maximum absolute atomic E-state index is 10.1. The molecule has 1 aromatic carbocycles. The summed E-state index contributed by atoms with van der Waals surface area (Å²) in [7, 11) is 0. The Morgan fingerprint density at radius 3 is 2.38 bits per heavy atom. The molecule has 86 valence electrons. The van der Waals surface area contributed by atoms with Gasteiger partial charge in [0.2, 0.25) is 0 Å². The van der Waals surface area contributed by atoms with E-state index in [4.69, 9.17) is 0 Å². The molecule has 1 rings (SSSR count). The van der Waals surface area contributed by atoms with E-state index < -0.39 is 12.2 Å². The van der Waals surface area contributed by atoms with Crippen molar-refractivity contribution < 1.29 is 15.0 Å². The highest BCUT2D eigenvalue weighted by molar-refractivity contribution is 9.09. The summed E-state index contributed by atoms with van der Waals surface area (Å²) in [6.07, 6.45) is 2.06. The van der Waals surface area contributed by atoms with Gasteiger partial charge in [-0.15, -0.1) is 0 Å². The molecule has 0 heterocycles. The summed E-state index contributed by atoms with van der Waals surface area (Å²) >= 11 is 3.10. The van der Waals surface area contributed by atoms with Crippen LogP contribution in [0.5, 0.6) is 0 Å². The second-order valence-electron chi connectivity index (χ2n) is 3.33. The lowest BCUT2D eigenvalue weighted by molar-refractivity contribution is -0.104. The zero-order chi connectivity index (χ0) is 12.0. The average molecular weight is 285 g/mol. The number of alkyl halides is 1. The van der Waals surface area contributed by atoms with Crippen LogP contribution in [0.2, 0.25) is 0 Å². The number of aldehydes is 1. The van der Waals surface area contributed by atoms with Gasteiger partial charge in [-0.3, -0.25) is 4.79 Å². The van der Waals surface area contributed by atoms with Gasteiger partial charge in [0.05, 0.1) is 6.10 Å². The zero-order valence-electron chi connectivity index (χ0n) is 8.58. The van der Waals surface area contributed by atoms with Crippen LogP contribution < -0.4 is 0 Å². The third kappa shape index (κ3) is 3.56. The van der Waals surface area contributed by atoms with E-state index in [0.717, 1.165) is 5.56 Å². The van der Waals surface area contributed by atoms with Crippen molar-refractivity contribution in [2.45, 2.75) is 12.2 Å². The Morgan fingerprint density at radius 2 is 1.88 bits per heavy atom. The van der Waals surface area contributed by atoms with Gasteiger partial charge >= 0.3 is 0 Å². The predicted molar refractivity (Wildman–Crippen MR) is 66.3 cm³/mol. The maximum Gasteiger partial charge on any atom is 0.142 e. The van der Waals surface area contributed by atoms with Gasteiger partial charge < -0.3 is 10.2 Å². The number of carbonyl (C=O) groups is 1. The van der Waals surface area contributed by atoms with E-state index in [-0.39, 0.29) is 0 Å². The average Bonchev–Trinajstić information content (AvgIpc) is 2.35. The molecule has 0 aliphatic carbocycles. The molecule has 3 nitrogen and oxygen atoms in total. The molecule has 4 heteroatoms. The molecule has 0 aromatic heterocycles. The van der Waals surface area contributed by atoms with Crippen LogP contribution in [-0.4, -0.2) is 27.9 Å². The van der Waals surface area contributed by atoms with Crippen LogP contribution in [0.3, 0.4) is 0 Å². The molecule has 0 bridgehead atoms. The molecule has 2 atom stereocenters. The van der Waals surface area contributed by atoms with Crippen LogP contribution in [-0.2, 0) is 4.79 Å². The Balaban J connectivity index is 2.78. The van der Waals surface area contributed by atoms with E-state index in [0.29, 0.717) is 17.2 Å². The van der Waals surface area contributed by atoms with Crippen LogP contribution in [0.15, 0.2) is 30.3 Å². The lowest BCUT2D eigenvalue weighted by atomic mass is 10.0. The number of halogens is 1. The molecule has 0 amide bonds. The minimum absolute atomic E-state index is 0.320. The van der Waals surface area contributed by atoms with Gasteiger partial charge in [0.1, 0.15) is 12.4 Å². The predicted octanol–water partition coefficient (Wildman–Crippen LogP) is 1.69. The van der Waals surface area contributed by atoms with Crippen molar-refractivity contribution in [3.63, 3.8) is 0 Å². The van der Waals surface area contributed by atoms with Crippen molar-refractivity contribution in [1.29, 1.82) is 0 Å². The number of hydrogen-bond donors (Lipinski definition) is 2. The van der Waals surface area contributed by atoms with Crippen LogP contribution >= 0.6 is 15.9 Å². The second-order valence-corrected chi connectivity index (χ2v) is 3.98. The van der Waals surface area contributed by atoms with Gasteiger partial charge in [0.25, 0.3) is 0 Å². The highest BCUT2D eigenvalue weighted by atomic mass is 79.9. The number of carbonyl (C=O) groups excluding carboxylic acids is 1. The van der Waals surface area contributed by atoms with Gasteiger partial charge in [-0.05, 0) is 17.2 Å². The summed E-state index contributed by atoms with van der Waals surface area (Å²) < 4.78 is 0. The number of aliphatic hydroxyl groups excluding tert-OH is 2. The molecule has 0 saturated heterocycles. The van der Waals surface area contributed by atoms with Crippen molar-refractivity contribution in [3.8, 4) is 0 Å². The third-order valence-electron chi connectivity index (χ3n) is 2.17. The standard InChI is InChI=1S/C12H13BrO3/c13-8-11(15)12(16)10-5-3-9(4-6-10)2-1-7-14/h1-7,11-12,15-16H,8H2/b2-1+. The second kappa shape index (κ2) is 6.58. The third-order valence-corrected chi connectivity index (χ3v) is 2.83. The van der Waals surface area contributed by atoms with Crippen molar-refractivity contribution in [2.24, 2.45) is 0 Å². The Labute approximate surface area is 103 Å². The van der Waals surface area contributed by atoms with Gasteiger partial charge in [-0.1, -0.05) is 46.3 Å². The summed E-state index contributed by atoms with van der Waals surface area (Å²) in [4.78, 5) is 10.1. The zero-order valence-corrected chi connectivity index (χ0v) is 10.2. The molecule has 1 aromatic rings. The molecule has 2 unspecified atom stereocenters. The Kier molecular flexibility index (Phi) is 5.38. The number of benzene rings is 1. The van der Waals surface area contributed by atoms with E-state index in [1.54, 1.807) is 30.3 Å². The smallest absolute Gasteiger partial charge is 0.142 e. The first kappa shape index (κ1) is 13.1.